The molecule has 1 nitrogen and oxygen atoms in total. The molecule has 3 heteroatoms. The van der Waals surface area contributed by atoms with Crippen molar-refractivity contribution >= 4 is 43.1 Å². The van der Waals surface area contributed by atoms with Gasteiger partial charge in [0.1, 0.15) is 0 Å². The maximum absolute atomic E-state index is 2.39. The van der Waals surface area contributed by atoms with E-state index in [0.29, 0.717) is 0 Å². The van der Waals surface area contributed by atoms with Gasteiger partial charge >= 0.3 is 0 Å². The van der Waals surface area contributed by atoms with E-state index in [-0.39, 0.29) is 0 Å². The third kappa shape index (κ3) is 0.860. The maximum atomic E-state index is 2.39. The van der Waals surface area contributed by atoms with Crippen LogP contribution in [0.4, 0.5) is 0 Å². The van der Waals surface area contributed by atoms with E-state index in [1.807, 2.05) is 22.7 Å². The SMILES string of the molecule is CCn1c2ccsc2c2sccc21. The molecule has 0 aliphatic rings. The first-order valence-electron chi connectivity index (χ1n) is 4.34. The van der Waals surface area contributed by atoms with Gasteiger partial charge in [0.15, 0.2) is 0 Å². The fraction of sp³-hybridized carbons (Fsp3) is 0.200. The minimum atomic E-state index is 1.06. The van der Waals surface area contributed by atoms with Crippen LogP contribution in [0.2, 0.25) is 0 Å². The van der Waals surface area contributed by atoms with Crippen LogP contribution < -0.4 is 0 Å². The summed E-state index contributed by atoms with van der Waals surface area (Å²) in [5.41, 5.74) is 2.80. The standard InChI is InChI=1S/C10H9NS2/c1-2-11-7-3-5-12-9(7)10-8(11)4-6-13-10/h3-6H,2H2,1H3. The summed E-state index contributed by atoms with van der Waals surface area (Å²) in [6, 6.07) is 4.44. The zero-order valence-corrected chi connectivity index (χ0v) is 8.91. The fourth-order valence-corrected chi connectivity index (χ4v) is 3.82. The Kier molecular flexibility index (Phi) is 1.51. The van der Waals surface area contributed by atoms with Crippen molar-refractivity contribution in [1.29, 1.82) is 0 Å². The van der Waals surface area contributed by atoms with Gasteiger partial charge in [0.05, 0.1) is 20.4 Å². The molecule has 0 bridgehead atoms. The van der Waals surface area contributed by atoms with E-state index in [0.717, 1.165) is 6.54 Å². The van der Waals surface area contributed by atoms with Gasteiger partial charge in [0.25, 0.3) is 0 Å². The van der Waals surface area contributed by atoms with Crippen LogP contribution in [0.25, 0.3) is 20.4 Å². The summed E-state index contributed by atoms with van der Waals surface area (Å²) in [7, 11) is 0. The lowest BCUT2D eigenvalue weighted by Gasteiger charge is -1.98. The molecule has 0 atom stereocenters. The predicted octanol–water partition coefficient (Wildman–Crippen LogP) is 3.94. The largest absolute Gasteiger partial charge is 0.339 e. The number of hydrogen-bond acceptors (Lipinski definition) is 2. The van der Waals surface area contributed by atoms with Crippen molar-refractivity contribution in [3.63, 3.8) is 0 Å². The van der Waals surface area contributed by atoms with Crippen molar-refractivity contribution in [3.05, 3.63) is 22.9 Å². The summed E-state index contributed by atoms with van der Waals surface area (Å²) in [5, 5.41) is 4.35. The average molecular weight is 207 g/mol. The average Bonchev–Trinajstić information content (AvgIpc) is 2.71. The second-order valence-electron chi connectivity index (χ2n) is 3.01. The highest BCUT2D eigenvalue weighted by Crippen LogP contribution is 2.36. The second-order valence-corrected chi connectivity index (χ2v) is 4.85. The first kappa shape index (κ1) is 7.59. The molecule has 66 valence electrons. The predicted molar refractivity (Wildman–Crippen MR) is 60.9 cm³/mol. The zero-order chi connectivity index (χ0) is 8.84. The number of aryl methyl sites for hydroxylation is 1. The van der Waals surface area contributed by atoms with Crippen LogP contribution in [0.15, 0.2) is 22.9 Å². The Morgan fingerprint density at radius 3 is 2.08 bits per heavy atom. The lowest BCUT2D eigenvalue weighted by molar-refractivity contribution is 0.828. The number of hydrogen-bond donors (Lipinski definition) is 0. The van der Waals surface area contributed by atoms with Crippen LogP contribution in [0.5, 0.6) is 0 Å². The van der Waals surface area contributed by atoms with Crippen molar-refractivity contribution in [2.75, 3.05) is 0 Å². The summed E-state index contributed by atoms with van der Waals surface area (Å²) in [5.74, 6) is 0. The fourth-order valence-electron chi connectivity index (χ4n) is 1.84. The summed E-state index contributed by atoms with van der Waals surface area (Å²) in [4.78, 5) is 0. The summed E-state index contributed by atoms with van der Waals surface area (Å²) < 4.78 is 5.29. The van der Waals surface area contributed by atoms with Crippen molar-refractivity contribution in [2.45, 2.75) is 13.5 Å². The highest BCUT2D eigenvalue weighted by atomic mass is 32.1. The highest BCUT2D eigenvalue weighted by molar-refractivity contribution is 7.25. The molecule has 3 aromatic rings. The molecule has 0 saturated heterocycles. The van der Waals surface area contributed by atoms with Crippen molar-refractivity contribution in [1.82, 2.24) is 4.57 Å². The smallest absolute Gasteiger partial charge is 0.0700 e. The number of rotatable bonds is 1. The molecular formula is C10H9NS2. The van der Waals surface area contributed by atoms with Gasteiger partial charge in [-0.25, -0.2) is 0 Å². The lowest BCUT2D eigenvalue weighted by Crippen LogP contribution is -1.90. The number of aromatic nitrogens is 1. The van der Waals surface area contributed by atoms with Gasteiger partial charge in [-0.1, -0.05) is 0 Å². The minimum absolute atomic E-state index is 1.06. The topological polar surface area (TPSA) is 4.93 Å². The van der Waals surface area contributed by atoms with Crippen LogP contribution in [0.1, 0.15) is 6.92 Å². The van der Waals surface area contributed by atoms with Crippen LogP contribution in [0, 0.1) is 0 Å². The molecule has 3 heterocycles. The molecule has 13 heavy (non-hydrogen) atoms. The normalized spacial score (nSPS) is 11.8. The van der Waals surface area contributed by atoms with Gasteiger partial charge < -0.3 is 4.57 Å². The third-order valence-electron chi connectivity index (χ3n) is 2.39. The summed E-state index contributed by atoms with van der Waals surface area (Å²) in [6.07, 6.45) is 0. The van der Waals surface area contributed by atoms with Crippen LogP contribution >= 0.6 is 22.7 Å². The van der Waals surface area contributed by atoms with Crippen molar-refractivity contribution in [2.24, 2.45) is 0 Å². The Morgan fingerprint density at radius 2 is 1.62 bits per heavy atom. The van der Waals surface area contributed by atoms with E-state index in [1.165, 1.54) is 20.4 Å². The molecule has 3 rings (SSSR count). The molecule has 0 aromatic carbocycles. The van der Waals surface area contributed by atoms with Gasteiger partial charge in [0, 0.05) is 6.54 Å². The first-order valence-corrected chi connectivity index (χ1v) is 6.10. The second kappa shape index (κ2) is 2.59. The number of nitrogens with zero attached hydrogens (tertiary/aromatic N) is 1. The first-order chi connectivity index (χ1) is 6.42. The van der Waals surface area contributed by atoms with E-state index in [2.05, 4.69) is 34.4 Å². The Labute approximate surface area is 84.2 Å². The van der Waals surface area contributed by atoms with Gasteiger partial charge in [-0.15, -0.1) is 22.7 Å². The number of fused-ring (bicyclic) bond motifs is 3. The van der Waals surface area contributed by atoms with E-state index >= 15 is 0 Å². The third-order valence-corrected chi connectivity index (χ3v) is 4.36. The summed E-state index contributed by atoms with van der Waals surface area (Å²) >= 11 is 3.69. The lowest BCUT2D eigenvalue weighted by atomic mass is 10.5. The number of thiophene rings is 2. The van der Waals surface area contributed by atoms with Gasteiger partial charge in [-0.2, -0.15) is 0 Å². The molecule has 0 N–H and O–H groups in total. The molecule has 0 radical (unpaired) electrons. The van der Waals surface area contributed by atoms with E-state index in [4.69, 9.17) is 0 Å². The van der Waals surface area contributed by atoms with Crippen LogP contribution in [-0.2, 0) is 6.54 Å². The van der Waals surface area contributed by atoms with E-state index < -0.39 is 0 Å². The van der Waals surface area contributed by atoms with Crippen LogP contribution in [0.3, 0.4) is 0 Å². The molecule has 0 amide bonds. The Balaban J connectivity index is 2.63. The van der Waals surface area contributed by atoms with E-state index in [9.17, 15) is 0 Å². The zero-order valence-electron chi connectivity index (χ0n) is 7.28. The molecule has 0 aliphatic heterocycles. The molecule has 0 spiro atoms. The van der Waals surface area contributed by atoms with E-state index in [1.54, 1.807) is 0 Å². The highest BCUT2D eigenvalue weighted by Gasteiger charge is 2.10. The van der Waals surface area contributed by atoms with Gasteiger partial charge in [0.2, 0.25) is 0 Å². The van der Waals surface area contributed by atoms with Crippen molar-refractivity contribution in [3.8, 4) is 0 Å². The van der Waals surface area contributed by atoms with Crippen LogP contribution in [-0.4, -0.2) is 4.57 Å². The minimum Gasteiger partial charge on any atom is -0.339 e. The Morgan fingerprint density at radius 1 is 1.08 bits per heavy atom. The maximum Gasteiger partial charge on any atom is 0.0700 e. The quantitative estimate of drug-likeness (QED) is 0.569. The molecule has 3 aromatic heterocycles. The molecule has 0 fully saturated rings. The molecule has 0 aliphatic carbocycles. The van der Waals surface area contributed by atoms with Gasteiger partial charge in [-0.05, 0) is 29.8 Å². The Hall–Kier alpha value is -0.800. The van der Waals surface area contributed by atoms with Crippen molar-refractivity contribution < 1.29 is 0 Å². The monoisotopic (exact) mass is 207 g/mol. The molecule has 0 saturated carbocycles. The molecule has 0 unspecified atom stereocenters. The summed E-state index contributed by atoms with van der Waals surface area (Å²) in [6.45, 7) is 3.27. The molecular weight excluding hydrogens is 198 g/mol. The Bertz CT molecular complexity index is 508. The van der Waals surface area contributed by atoms with Gasteiger partial charge in [-0.3, -0.25) is 0 Å².